The predicted octanol–water partition coefficient (Wildman–Crippen LogP) is 5.33. The van der Waals surface area contributed by atoms with Gasteiger partial charge in [0.15, 0.2) is 12.2 Å². The average Bonchev–Trinajstić information content (AvgIpc) is 2.97. The molecule has 1 aliphatic heterocycles. The van der Waals surface area contributed by atoms with Gasteiger partial charge >= 0.3 is 17.9 Å². The first-order valence-electron chi connectivity index (χ1n) is 13.1. The van der Waals surface area contributed by atoms with Crippen molar-refractivity contribution in [2.75, 3.05) is 6.61 Å². The predicted molar refractivity (Wildman–Crippen MR) is 152 cm³/mol. The highest BCUT2D eigenvalue weighted by atomic mass is 28.3. The van der Waals surface area contributed by atoms with E-state index in [1.807, 2.05) is 6.07 Å². The van der Waals surface area contributed by atoms with E-state index in [-0.39, 0.29) is 13.0 Å². The quantitative estimate of drug-likeness (QED) is 0.168. The fourth-order valence-electron chi connectivity index (χ4n) is 4.06. The molecule has 0 aromatic heterocycles. The van der Waals surface area contributed by atoms with Gasteiger partial charge in [0.2, 0.25) is 0 Å². The van der Waals surface area contributed by atoms with Crippen molar-refractivity contribution in [3.63, 3.8) is 0 Å². The fraction of sp³-hybridized carbons (Fsp3) is 0.281. The summed E-state index contributed by atoms with van der Waals surface area (Å²) < 4.78 is 23.6. The maximum Gasteiger partial charge on any atom is 0.338 e. The van der Waals surface area contributed by atoms with Gasteiger partial charge in [-0.3, -0.25) is 0 Å². The molecule has 4 atom stereocenters. The molecule has 1 heterocycles. The molecule has 1 fully saturated rings. The Morgan fingerprint density at radius 3 is 1.73 bits per heavy atom. The maximum absolute atomic E-state index is 13.1. The zero-order valence-corrected chi connectivity index (χ0v) is 23.7. The van der Waals surface area contributed by atoms with Crippen LogP contribution in [0.25, 0.3) is 0 Å². The van der Waals surface area contributed by atoms with Crippen LogP contribution in [-0.2, 0) is 18.9 Å². The minimum Gasteiger partial charge on any atom is -0.459 e. The van der Waals surface area contributed by atoms with Crippen molar-refractivity contribution in [1.29, 1.82) is 0 Å². The van der Waals surface area contributed by atoms with Crippen molar-refractivity contribution in [2.45, 2.75) is 50.5 Å². The van der Waals surface area contributed by atoms with Crippen LogP contribution in [0.4, 0.5) is 0 Å². The lowest BCUT2D eigenvalue weighted by atomic mass is 9.97. The second-order valence-corrected chi connectivity index (χ2v) is 15.2. The summed E-state index contributed by atoms with van der Waals surface area (Å²) in [6.07, 6.45) is -3.30. The first-order valence-corrected chi connectivity index (χ1v) is 16.6. The average molecular weight is 557 g/mol. The Morgan fingerprint density at radius 1 is 0.750 bits per heavy atom. The van der Waals surface area contributed by atoms with E-state index in [0.29, 0.717) is 16.7 Å². The van der Waals surface area contributed by atoms with Crippen molar-refractivity contribution < 1.29 is 33.3 Å². The fourth-order valence-corrected chi connectivity index (χ4v) is 4.64. The van der Waals surface area contributed by atoms with Crippen LogP contribution >= 0.6 is 0 Å². The molecule has 0 spiro atoms. The van der Waals surface area contributed by atoms with E-state index in [4.69, 9.17) is 18.9 Å². The summed E-state index contributed by atoms with van der Waals surface area (Å²) in [5.41, 5.74) is 4.40. The Bertz CT molecular complexity index is 1360. The second-order valence-electron chi connectivity index (χ2n) is 10.4. The highest BCUT2D eigenvalue weighted by Gasteiger charge is 2.44. The molecule has 3 aromatic rings. The number of hydrogen-bond acceptors (Lipinski definition) is 7. The summed E-state index contributed by atoms with van der Waals surface area (Å²) in [4.78, 5) is 38.7. The van der Waals surface area contributed by atoms with Crippen LogP contribution in [0, 0.1) is 11.5 Å². The van der Waals surface area contributed by atoms with Crippen molar-refractivity contribution in [2.24, 2.45) is 0 Å². The normalized spacial score (nSPS) is 20.4. The molecule has 1 saturated heterocycles. The minimum atomic E-state index is -1.86. The zero-order chi connectivity index (χ0) is 28.5. The first-order chi connectivity index (χ1) is 19.2. The van der Waals surface area contributed by atoms with E-state index < -0.39 is 50.4 Å². The highest BCUT2D eigenvalue weighted by Crippen LogP contribution is 2.28. The molecule has 4 rings (SSSR count). The summed E-state index contributed by atoms with van der Waals surface area (Å²) in [7, 11) is -1.86. The monoisotopic (exact) mass is 556 g/mol. The van der Waals surface area contributed by atoms with Gasteiger partial charge in [-0.1, -0.05) is 80.2 Å². The van der Waals surface area contributed by atoms with Gasteiger partial charge in [-0.05, 0) is 36.4 Å². The smallest absolute Gasteiger partial charge is 0.338 e. The van der Waals surface area contributed by atoms with Gasteiger partial charge < -0.3 is 18.9 Å². The molecule has 3 aromatic carbocycles. The summed E-state index contributed by atoms with van der Waals surface area (Å²) in [6, 6.07) is 25.8. The van der Waals surface area contributed by atoms with Crippen LogP contribution in [0.15, 0.2) is 91.0 Å². The molecule has 0 amide bonds. The number of rotatable bonds is 7. The van der Waals surface area contributed by atoms with Crippen LogP contribution in [0.5, 0.6) is 0 Å². The van der Waals surface area contributed by atoms with E-state index in [9.17, 15) is 14.4 Å². The molecule has 206 valence electrons. The van der Waals surface area contributed by atoms with E-state index in [1.54, 1.807) is 84.9 Å². The molecule has 0 aliphatic carbocycles. The summed E-state index contributed by atoms with van der Waals surface area (Å²) >= 11 is 0. The zero-order valence-electron chi connectivity index (χ0n) is 22.7. The third kappa shape index (κ3) is 8.15. The van der Waals surface area contributed by atoms with Gasteiger partial charge in [0.25, 0.3) is 0 Å². The summed E-state index contributed by atoms with van der Waals surface area (Å²) in [5.74, 6) is 1.50. The summed E-state index contributed by atoms with van der Waals surface area (Å²) in [5, 5.41) is 0. The van der Waals surface area contributed by atoms with Crippen molar-refractivity contribution >= 4 is 26.0 Å². The SMILES string of the molecule is C[Si](C)(C)C#C[C@H]1O[C@H](COC(=O)c2ccccc2)C[C@H](OC(=O)c2ccccc2)[C@@H]1OC(=O)c1ccccc1. The Hall–Kier alpha value is -4.19. The third-order valence-electron chi connectivity index (χ3n) is 6.02. The summed E-state index contributed by atoms with van der Waals surface area (Å²) in [6.45, 7) is 6.16. The number of esters is 3. The van der Waals surface area contributed by atoms with Crippen LogP contribution in [0.3, 0.4) is 0 Å². The highest BCUT2D eigenvalue weighted by molar-refractivity contribution is 6.83. The molecule has 0 radical (unpaired) electrons. The molecular weight excluding hydrogens is 524 g/mol. The number of benzene rings is 3. The number of hydrogen-bond donors (Lipinski definition) is 0. The topological polar surface area (TPSA) is 88.1 Å². The molecule has 1 aliphatic rings. The number of carbonyl (C=O) groups excluding carboxylic acids is 3. The lowest BCUT2D eigenvalue weighted by molar-refractivity contribution is -0.161. The first kappa shape index (κ1) is 28.8. The van der Waals surface area contributed by atoms with Gasteiger partial charge in [-0.25, -0.2) is 14.4 Å². The second kappa shape index (κ2) is 13.2. The molecule has 8 heteroatoms. The largest absolute Gasteiger partial charge is 0.459 e. The van der Waals surface area contributed by atoms with E-state index in [1.165, 1.54) is 0 Å². The van der Waals surface area contributed by atoms with Gasteiger partial charge in [0, 0.05) is 6.42 Å². The van der Waals surface area contributed by atoms with Crippen molar-refractivity contribution in [3.05, 3.63) is 108 Å². The molecule has 0 saturated carbocycles. The van der Waals surface area contributed by atoms with Gasteiger partial charge in [-0.15, -0.1) is 5.54 Å². The molecule has 7 nitrogen and oxygen atoms in total. The van der Waals surface area contributed by atoms with Gasteiger partial charge in [0.1, 0.15) is 20.8 Å². The molecule has 0 unspecified atom stereocenters. The Balaban J connectivity index is 1.60. The van der Waals surface area contributed by atoms with Crippen LogP contribution < -0.4 is 0 Å². The van der Waals surface area contributed by atoms with Crippen LogP contribution in [-0.4, -0.2) is 57.0 Å². The Kier molecular flexibility index (Phi) is 9.54. The van der Waals surface area contributed by atoms with Gasteiger partial charge in [-0.2, -0.15) is 0 Å². The van der Waals surface area contributed by atoms with Gasteiger partial charge in [0.05, 0.1) is 22.8 Å². The minimum absolute atomic E-state index is 0.0857. The maximum atomic E-state index is 13.1. The Morgan fingerprint density at radius 2 is 1.23 bits per heavy atom. The third-order valence-corrected chi connectivity index (χ3v) is 6.91. The van der Waals surface area contributed by atoms with Crippen LogP contribution in [0.2, 0.25) is 19.6 Å². The molecule has 0 bridgehead atoms. The molecule has 0 N–H and O–H groups in total. The molecular formula is C32H32O7Si. The Labute approximate surface area is 235 Å². The van der Waals surface area contributed by atoms with Crippen molar-refractivity contribution in [3.8, 4) is 11.5 Å². The van der Waals surface area contributed by atoms with E-state index in [0.717, 1.165) is 0 Å². The van der Waals surface area contributed by atoms with E-state index >= 15 is 0 Å². The lowest BCUT2D eigenvalue weighted by Gasteiger charge is -2.38. The van der Waals surface area contributed by atoms with Crippen molar-refractivity contribution in [1.82, 2.24) is 0 Å². The number of ether oxygens (including phenoxy) is 4. The number of carbonyl (C=O) groups is 3. The standard InChI is InChI=1S/C32H32O7Si/c1-40(2,3)20-19-27-29(39-32(35)25-17-11-6-12-18-25)28(38-31(34)24-15-9-5-10-16-24)21-26(37-27)22-36-30(33)23-13-7-4-8-14-23/h4-18,26-29H,21-22H2,1-3H3/t26-,27+,28-,29+/m0/s1. The van der Waals surface area contributed by atoms with E-state index in [2.05, 4.69) is 31.1 Å². The van der Waals surface area contributed by atoms with Crippen LogP contribution in [0.1, 0.15) is 37.5 Å². The molecule has 40 heavy (non-hydrogen) atoms. The lowest BCUT2D eigenvalue weighted by Crippen LogP contribution is -2.52.